The summed E-state index contributed by atoms with van der Waals surface area (Å²) in [5.74, 6) is 0.238. The maximum Gasteiger partial charge on any atom is 0.310 e. The molecule has 2 aliphatic rings. The second-order valence-electron chi connectivity index (χ2n) is 5.79. The van der Waals surface area contributed by atoms with Crippen LogP contribution in [0, 0.1) is 5.41 Å². The van der Waals surface area contributed by atoms with E-state index in [0.29, 0.717) is 19.4 Å². The van der Waals surface area contributed by atoms with E-state index in [1.165, 1.54) is 6.42 Å². The van der Waals surface area contributed by atoms with Crippen LogP contribution in [0.5, 0.6) is 0 Å². The number of thioether (sulfide) groups is 1. The zero-order valence-corrected chi connectivity index (χ0v) is 11.6. The van der Waals surface area contributed by atoms with Crippen molar-refractivity contribution in [2.24, 2.45) is 5.41 Å². The van der Waals surface area contributed by atoms with Gasteiger partial charge in [-0.1, -0.05) is 6.42 Å². The van der Waals surface area contributed by atoms with Crippen LogP contribution in [0.1, 0.15) is 45.4 Å². The summed E-state index contributed by atoms with van der Waals surface area (Å²) >= 11 is 1.90. The molecular weight excluding hydrogens is 250 g/mol. The number of hydrogen-bond acceptors (Lipinski definition) is 3. The minimum Gasteiger partial charge on any atom is -0.481 e. The maximum atomic E-state index is 11.9. The number of carbonyl (C=O) groups excluding carboxylic acids is 1. The second-order valence-corrected chi connectivity index (χ2v) is 7.48. The van der Waals surface area contributed by atoms with Crippen molar-refractivity contribution in [3.8, 4) is 0 Å². The Morgan fingerprint density at radius 1 is 1.28 bits per heavy atom. The van der Waals surface area contributed by atoms with Crippen LogP contribution in [-0.2, 0) is 9.59 Å². The molecule has 1 atom stereocenters. The Balaban J connectivity index is 1.80. The lowest BCUT2D eigenvalue weighted by atomic mass is 9.66. The van der Waals surface area contributed by atoms with E-state index < -0.39 is 11.4 Å². The molecular formula is C13H21NO3S. The Bertz CT molecular complexity index is 346. The Kier molecular flexibility index (Phi) is 3.90. The SMILES string of the molecule is CC1(CNC(=O)CC2(C(=O)O)CCC2)CCCS1. The molecule has 0 aromatic heterocycles. The van der Waals surface area contributed by atoms with Gasteiger partial charge in [0.2, 0.25) is 5.91 Å². The van der Waals surface area contributed by atoms with Gasteiger partial charge in [-0.25, -0.2) is 0 Å². The van der Waals surface area contributed by atoms with Gasteiger partial charge in [0.25, 0.3) is 0 Å². The smallest absolute Gasteiger partial charge is 0.310 e. The molecule has 2 N–H and O–H groups in total. The van der Waals surface area contributed by atoms with Crippen LogP contribution >= 0.6 is 11.8 Å². The summed E-state index contributed by atoms with van der Waals surface area (Å²) in [6, 6.07) is 0. The van der Waals surface area contributed by atoms with Crippen molar-refractivity contribution in [1.82, 2.24) is 5.32 Å². The predicted molar refractivity (Wildman–Crippen MR) is 71.6 cm³/mol. The molecule has 1 saturated carbocycles. The number of hydrogen-bond donors (Lipinski definition) is 2. The fourth-order valence-electron chi connectivity index (χ4n) is 2.70. The largest absolute Gasteiger partial charge is 0.481 e. The number of carboxylic acids is 1. The fourth-order valence-corrected chi connectivity index (χ4v) is 3.95. The number of amides is 1. The molecule has 2 fully saturated rings. The third-order valence-electron chi connectivity index (χ3n) is 4.22. The number of aliphatic carboxylic acids is 1. The summed E-state index contributed by atoms with van der Waals surface area (Å²) in [7, 11) is 0. The monoisotopic (exact) mass is 271 g/mol. The van der Waals surface area contributed by atoms with Gasteiger partial charge in [-0.15, -0.1) is 0 Å². The predicted octanol–water partition coefficient (Wildman–Crippen LogP) is 2.03. The van der Waals surface area contributed by atoms with E-state index in [2.05, 4.69) is 12.2 Å². The molecule has 1 amide bonds. The summed E-state index contributed by atoms with van der Waals surface area (Å²) < 4.78 is 0.145. The molecule has 1 unspecified atom stereocenters. The first-order valence-electron chi connectivity index (χ1n) is 6.60. The fraction of sp³-hybridized carbons (Fsp3) is 0.846. The van der Waals surface area contributed by atoms with Gasteiger partial charge >= 0.3 is 5.97 Å². The summed E-state index contributed by atoms with van der Waals surface area (Å²) in [6.45, 7) is 2.83. The van der Waals surface area contributed by atoms with Gasteiger partial charge in [-0.2, -0.15) is 11.8 Å². The van der Waals surface area contributed by atoms with Crippen molar-refractivity contribution in [2.75, 3.05) is 12.3 Å². The minimum absolute atomic E-state index is 0.106. The van der Waals surface area contributed by atoms with Crippen molar-refractivity contribution in [1.29, 1.82) is 0 Å². The van der Waals surface area contributed by atoms with Gasteiger partial charge in [0.05, 0.1) is 5.41 Å². The van der Waals surface area contributed by atoms with Crippen LogP contribution in [-0.4, -0.2) is 34.0 Å². The summed E-state index contributed by atoms with van der Waals surface area (Å²) in [4.78, 5) is 23.0. The van der Waals surface area contributed by atoms with E-state index in [1.54, 1.807) is 0 Å². The number of nitrogens with one attached hydrogen (secondary N) is 1. The summed E-state index contributed by atoms with van der Waals surface area (Å²) in [5.41, 5.74) is -0.770. The lowest BCUT2D eigenvalue weighted by Crippen LogP contribution is -2.44. The lowest BCUT2D eigenvalue weighted by molar-refractivity contribution is -0.157. The van der Waals surface area contributed by atoms with Crippen LogP contribution in [0.25, 0.3) is 0 Å². The second kappa shape index (κ2) is 5.11. The average molecular weight is 271 g/mol. The highest BCUT2D eigenvalue weighted by Gasteiger charge is 2.46. The minimum atomic E-state index is -0.814. The molecule has 4 nitrogen and oxygen atoms in total. The quantitative estimate of drug-likeness (QED) is 0.803. The molecule has 2 rings (SSSR count). The van der Waals surface area contributed by atoms with Crippen molar-refractivity contribution >= 4 is 23.6 Å². The maximum absolute atomic E-state index is 11.9. The first-order chi connectivity index (χ1) is 8.46. The van der Waals surface area contributed by atoms with Gasteiger partial charge in [-0.05, 0) is 38.4 Å². The third kappa shape index (κ3) is 2.82. The van der Waals surface area contributed by atoms with Gasteiger partial charge in [0, 0.05) is 17.7 Å². The molecule has 0 aromatic carbocycles. The van der Waals surface area contributed by atoms with Gasteiger partial charge in [0.1, 0.15) is 0 Å². The zero-order chi connectivity index (χ0) is 13.2. The van der Waals surface area contributed by atoms with E-state index in [1.807, 2.05) is 11.8 Å². The average Bonchev–Trinajstić information content (AvgIpc) is 2.68. The highest BCUT2D eigenvalue weighted by atomic mass is 32.2. The summed E-state index contributed by atoms with van der Waals surface area (Å²) in [6.07, 6.45) is 4.68. The lowest BCUT2D eigenvalue weighted by Gasteiger charge is -2.37. The van der Waals surface area contributed by atoms with Crippen LogP contribution in [0.3, 0.4) is 0 Å². The first-order valence-corrected chi connectivity index (χ1v) is 7.59. The van der Waals surface area contributed by atoms with E-state index in [4.69, 9.17) is 0 Å². The van der Waals surface area contributed by atoms with Gasteiger partial charge in [0.15, 0.2) is 0 Å². The highest BCUT2D eigenvalue weighted by Crippen LogP contribution is 2.44. The van der Waals surface area contributed by atoms with Crippen LogP contribution in [0.15, 0.2) is 0 Å². The van der Waals surface area contributed by atoms with E-state index in [0.717, 1.165) is 18.6 Å². The van der Waals surface area contributed by atoms with Crippen LogP contribution in [0.4, 0.5) is 0 Å². The van der Waals surface area contributed by atoms with Gasteiger partial charge < -0.3 is 10.4 Å². The molecule has 1 aliphatic carbocycles. The van der Waals surface area contributed by atoms with E-state index in [-0.39, 0.29) is 17.1 Å². The molecule has 0 bridgehead atoms. The molecule has 0 aromatic rings. The molecule has 102 valence electrons. The number of carboxylic acid groups (broad SMARTS) is 1. The first kappa shape index (κ1) is 13.7. The topological polar surface area (TPSA) is 66.4 Å². The van der Waals surface area contributed by atoms with Crippen molar-refractivity contribution in [2.45, 2.75) is 50.2 Å². The molecule has 5 heteroatoms. The normalized spacial score (nSPS) is 29.6. The summed E-state index contributed by atoms with van der Waals surface area (Å²) in [5, 5.41) is 12.1. The molecule has 0 radical (unpaired) electrons. The molecule has 1 heterocycles. The molecule has 18 heavy (non-hydrogen) atoms. The molecule has 1 aliphatic heterocycles. The van der Waals surface area contributed by atoms with Crippen molar-refractivity contribution < 1.29 is 14.7 Å². The van der Waals surface area contributed by atoms with Crippen LogP contribution < -0.4 is 5.32 Å². The Labute approximate surface area is 112 Å². The third-order valence-corrected chi connectivity index (χ3v) is 5.76. The highest BCUT2D eigenvalue weighted by molar-refractivity contribution is 8.00. The standard InChI is InChI=1S/C13H21NO3S/c1-12(4-3-7-18-12)9-14-10(15)8-13(11(16)17)5-2-6-13/h2-9H2,1H3,(H,14,15)(H,16,17). The Morgan fingerprint density at radius 2 is 2.00 bits per heavy atom. The number of carbonyl (C=O) groups is 2. The Hall–Kier alpha value is -0.710. The van der Waals surface area contributed by atoms with Crippen LogP contribution in [0.2, 0.25) is 0 Å². The van der Waals surface area contributed by atoms with E-state index in [9.17, 15) is 14.7 Å². The molecule has 1 saturated heterocycles. The Morgan fingerprint density at radius 3 is 2.44 bits per heavy atom. The van der Waals surface area contributed by atoms with Crippen molar-refractivity contribution in [3.05, 3.63) is 0 Å². The molecule has 0 spiro atoms. The number of rotatable bonds is 5. The van der Waals surface area contributed by atoms with E-state index >= 15 is 0 Å². The van der Waals surface area contributed by atoms with Crippen molar-refractivity contribution in [3.63, 3.8) is 0 Å². The van der Waals surface area contributed by atoms with Gasteiger partial charge in [-0.3, -0.25) is 9.59 Å². The zero-order valence-electron chi connectivity index (χ0n) is 10.8.